The molecule has 0 aliphatic rings. The van der Waals surface area contributed by atoms with E-state index in [1.165, 1.54) is 6.07 Å². The Balaban J connectivity index is 2.28. The van der Waals surface area contributed by atoms with Gasteiger partial charge in [-0.25, -0.2) is 4.39 Å². The molecule has 0 fully saturated rings. The molecule has 15 heavy (non-hydrogen) atoms. The van der Waals surface area contributed by atoms with Crippen molar-refractivity contribution in [1.82, 2.24) is 0 Å². The first-order valence-electron chi connectivity index (χ1n) is 5.24. The molecule has 1 aromatic rings. The number of unbranched alkanes of at least 4 members (excludes halogenated alkanes) is 2. The van der Waals surface area contributed by atoms with Crippen LogP contribution in [0.3, 0.4) is 0 Å². The van der Waals surface area contributed by atoms with Gasteiger partial charge in [0.15, 0.2) is 0 Å². The van der Waals surface area contributed by atoms with Crippen molar-refractivity contribution in [3.63, 3.8) is 0 Å². The lowest BCUT2D eigenvalue weighted by atomic mass is 10.2. The summed E-state index contributed by atoms with van der Waals surface area (Å²) >= 11 is 0. The lowest BCUT2D eigenvalue weighted by Gasteiger charge is -2.06. The van der Waals surface area contributed by atoms with E-state index in [0.717, 1.165) is 19.3 Å². The summed E-state index contributed by atoms with van der Waals surface area (Å²) in [5, 5.41) is 8.57. The zero-order chi connectivity index (χ0) is 11.1. The summed E-state index contributed by atoms with van der Waals surface area (Å²) in [5.74, 6) is 0.500. The third kappa shape index (κ3) is 4.30. The van der Waals surface area contributed by atoms with Crippen LogP contribution in [0.2, 0.25) is 0 Å². The normalized spacial score (nSPS) is 10.3. The van der Waals surface area contributed by atoms with Crippen molar-refractivity contribution in [2.75, 3.05) is 13.2 Å². The van der Waals surface area contributed by atoms with Gasteiger partial charge in [-0.2, -0.15) is 0 Å². The Bertz CT molecular complexity index is 300. The summed E-state index contributed by atoms with van der Waals surface area (Å²) in [4.78, 5) is 0. The van der Waals surface area contributed by atoms with Gasteiger partial charge in [-0.05, 0) is 49.9 Å². The van der Waals surface area contributed by atoms with E-state index >= 15 is 0 Å². The molecule has 0 bridgehead atoms. The number of aliphatic hydroxyl groups is 1. The summed E-state index contributed by atoms with van der Waals surface area (Å²) < 4.78 is 18.3. The molecule has 1 rings (SSSR count). The third-order valence-electron chi connectivity index (χ3n) is 2.20. The molecular formula is C12H17FO2. The average molecular weight is 212 g/mol. The number of hydrogen-bond acceptors (Lipinski definition) is 2. The number of rotatable bonds is 6. The van der Waals surface area contributed by atoms with E-state index in [9.17, 15) is 4.39 Å². The van der Waals surface area contributed by atoms with Crippen LogP contribution >= 0.6 is 0 Å². The SMILES string of the molecule is Cc1cc(OCCCCCO)ccc1F. The topological polar surface area (TPSA) is 29.5 Å². The van der Waals surface area contributed by atoms with Crippen molar-refractivity contribution in [3.8, 4) is 5.75 Å². The number of halogens is 1. The van der Waals surface area contributed by atoms with Crippen LogP contribution in [0.5, 0.6) is 5.75 Å². The predicted molar refractivity (Wildman–Crippen MR) is 57.6 cm³/mol. The van der Waals surface area contributed by atoms with Crippen molar-refractivity contribution in [3.05, 3.63) is 29.6 Å². The first-order valence-corrected chi connectivity index (χ1v) is 5.24. The summed E-state index contributed by atoms with van der Waals surface area (Å²) in [5.41, 5.74) is 0.600. The Morgan fingerprint density at radius 1 is 1.27 bits per heavy atom. The predicted octanol–water partition coefficient (Wildman–Crippen LogP) is 2.68. The van der Waals surface area contributed by atoms with E-state index in [1.54, 1.807) is 19.1 Å². The summed E-state index contributed by atoms with van der Waals surface area (Å²) in [6.45, 7) is 2.56. The fourth-order valence-corrected chi connectivity index (χ4v) is 1.29. The van der Waals surface area contributed by atoms with Gasteiger partial charge in [-0.3, -0.25) is 0 Å². The molecular weight excluding hydrogens is 195 g/mol. The lowest BCUT2D eigenvalue weighted by molar-refractivity contribution is 0.266. The molecule has 2 nitrogen and oxygen atoms in total. The molecule has 0 atom stereocenters. The summed E-state index contributed by atoms with van der Waals surface area (Å²) in [6, 6.07) is 4.74. The van der Waals surface area contributed by atoms with Crippen molar-refractivity contribution in [2.24, 2.45) is 0 Å². The molecule has 0 aliphatic carbocycles. The molecule has 84 valence electrons. The molecule has 0 aliphatic heterocycles. The fraction of sp³-hybridized carbons (Fsp3) is 0.500. The smallest absolute Gasteiger partial charge is 0.126 e. The Kier molecular flexibility index (Phi) is 5.12. The Labute approximate surface area is 89.7 Å². The van der Waals surface area contributed by atoms with Crippen molar-refractivity contribution < 1.29 is 14.2 Å². The van der Waals surface area contributed by atoms with E-state index in [4.69, 9.17) is 9.84 Å². The Hall–Kier alpha value is -1.09. The number of benzene rings is 1. The van der Waals surface area contributed by atoms with Gasteiger partial charge in [0.05, 0.1) is 6.61 Å². The lowest BCUT2D eigenvalue weighted by Crippen LogP contribution is -1.98. The largest absolute Gasteiger partial charge is 0.494 e. The summed E-state index contributed by atoms with van der Waals surface area (Å²) in [7, 11) is 0. The highest BCUT2D eigenvalue weighted by molar-refractivity contribution is 5.28. The van der Waals surface area contributed by atoms with Gasteiger partial charge in [0.1, 0.15) is 11.6 Å². The van der Waals surface area contributed by atoms with Gasteiger partial charge in [-0.1, -0.05) is 0 Å². The van der Waals surface area contributed by atoms with Gasteiger partial charge in [0, 0.05) is 6.61 Å². The maximum atomic E-state index is 12.9. The molecule has 0 unspecified atom stereocenters. The van der Waals surface area contributed by atoms with E-state index in [1.807, 2.05) is 0 Å². The van der Waals surface area contributed by atoms with Crippen LogP contribution in [0.4, 0.5) is 4.39 Å². The van der Waals surface area contributed by atoms with E-state index < -0.39 is 0 Å². The molecule has 3 heteroatoms. The van der Waals surface area contributed by atoms with Crippen LogP contribution in [0, 0.1) is 12.7 Å². The van der Waals surface area contributed by atoms with Gasteiger partial charge in [0.25, 0.3) is 0 Å². The third-order valence-corrected chi connectivity index (χ3v) is 2.20. The molecule has 0 radical (unpaired) electrons. The first-order chi connectivity index (χ1) is 7.24. The van der Waals surface area contributed by atoms with Crippen molar-refractivity contribution in [1.29, 1.82) is 0 Å². The Morgan fingerprint density at radius 2 is 2.07 bits per heavy atom. The quantitative estimate of drug-likeness (QED) is 0.734. The van der Waals surface area contributed by atoms with E-state index in [0.29, 0.717) is 17.9 Å². The van der Waals surface area contributed by atoms with Gasteiger partial charge in [0.2, 0.25) is 0 Å². The number of aliphatic hydroxyl groups excluding tert-OH is 1. The van der Waals surface area contributed by atoms with Crippen LogP contribution in [0.15, 0.2) is 18.2 Å². The van der Waals surface area contributed by atoms with Gasteiger partial charge >= 0.3 is 0 Å². The molecule has 0 saturated carbocycles. The second-order valence-electron chi connectivity index (χ2n) is 3.54. The monoisotopic (exact) mass is 212 g/mol. The highest BCUT2D eigenvalue weighted by atomic mass is 19.1. The molecule has 1 aromatic carbocycles. The summed E-state index contributed by atoms with van der Waals surface area (Å²) in [6.07, 6.45) is 2.68. The minimum atomic E-state index is -0.206. The maximum Gasteiger partial charge on any atom is 0.126 e. The number of ether oxygens (including phenoxy) is 1. The van der Waals surface area contributed by atoms with E-state index in [-0.39, 0.29) is 12.4 Å². The number of hydrogen-bond donors (Lipinski definition) is 1. The highest BCUT2D eigenvalue weighted by Gasteiger charge is 1.99. The van der Waals surface area contributed by atoms with E-state index in [2.05, 4.69) is 0 Å². The standard InChI is InChI=1S/C12H17FO2/c1-10-9-11(5-6-12(10)13)15-8-4-2-3-7-14/h5-6,9,14H,2-4,7-8H2,1H3. The second-order valence-corrected chi connectivity index (χ2v) is 3.54. The maximum absolute atomic E-state index is 12.9. The fourth-order valence-electron chi connectivity index (χ4n) is 1.29. The van der Waals surface area contributed by atoms with Gasteiger partial charge in [-0.15, -0.1) is 0 Å². The molecule has 0 amide bonds. The van der Waals surface area contributed by atoms with Crippen molar-refractivity contribution >= 4 is 0 Å². The average Bonchev–Trinajstić information content (AvgIpc) is 2.23. The zero-order valence-electron chi connectivity index (χ0n) is 9.00. The van der Waals surface area contributed by atoms with Crippen LogP contribution in [-0.2, 0) is 0 Å². The minimum Gasteiger partial charge on any atom is -0.494 e. The minimum absolute atomic E-state index is 0.206. The molecule has 0 aromatic heterocycles. The van der Waals surface area contributed by atoms with Crippen molar-refractivity contribution in [2.45, 2.75) is 26.2 Å². The first kappa shape index (κ1) is 12.0. The van der Waals surface area contributed by atoms with Gasteiger partial charge < -0.3 is 9.84 Å². The molecule has 1 N–H and O–H groups in total. The Morgan fingerprint density at radius 3 is 2.73 bits per heavy atom. The molecule has 0 heterocycles. The molecule has 0 saturated heterocycles. The van der Waals surface area contributed by atoms with Crippen LogP contribution in [0.25, 0.3) is 0 Å². The highest BCUT2D eigenvalue weighted by Crippen LogP contribution is 2.16. The zero-order valence-corrected chi connectivity index (χ0v) is 9.00. The van der Waals surface area contributed by atoms with Crippen LogP contribution in [0.1, 0.15) is 24.8 Å². The molecule has 0 spiro atoms. The van der Waals surface area contributed by atoms with Crippen LogP contribution < -0.4 is 4.74 Å². The number of aryl methyl sites for hydroxylation is 1. The van der Waals surface area contributed by atoms with Crippen LogP contribution in [-0.4, -0.2) is 18.3 Å². The second kappa shape index (κ2) is 6.40.